The number of nitrogens with one attached hydrogen (secondary N) is 2. The van der Waals surface area contributed by atoms with Crippen molar-refractivity contribution in [2.24, 2.45) is 0 Å². The average molecular weight is 349 g/mol. The van der Waals surface area contributed by atoms with E-state index in [1.807, 2.05) is 6.07 Å². The molecule has 0 unspecified atom stereocenters. The number of benzene rings is 1. The number of H-pyrrole nitrogens is 1. The lowest BCUT2D eigenvalue weighted by Crippen LogP contribution is -2.29. The first-order valence-corrected chi connectivity index (χ1v) is 9.71. The van der Waals surface area contributed by atoms with Gasteiger partial charge >= 0.3 is 0 Å². The van der Waals surface area contributed by atoms with E-state index in [1.165, 1.54) is 24.0 Å². The van der Waals surface area contributed by atoms with Gasteiger partial charge in [-0.25, -0.2) is 13.1 Å². The molecule has 6 nitrogen and oxygen atoms in total. The molecular formula is C17H23N3O3S. The summed E-state index contributed by atoms with van der Waals surface area (Å²) in [6.45, 7) is 3.86. The Morgan fingerprint density at radius 3 is 2.67 bits per heavy atom. The standard InChI is InChI=1S/C17H23N3O3S/c1-12-17(13(2)20-19-12)24(21,22)18-9-10-23-16-8-7-14-5-3-4-6-15(14)11-16/h7-8,11,18H,3-6,9-10H2,1-2H3,(H,19,20). The van der Waals surface area contributed by atoms with E-state index >= 15 is 0 Å². The predicted molar refractivity (Wildman–Crippen MR) is 91.8 cm³/mol. The van der Waals surface area contributed by atoms with Crippen molar-refractivity contribution < 1.29 is 13.2 Å². The normalized spacial score (nSPS) is 14.4. The molecule has 0 saturated carbocycles. The molecule has 1 aromatic carbocycles. The summed E-state index contributed by atoms with van der Waals surface area (Å²) in [6, 6.07) is 6.16. The van der Waals surface area contributed by atoms with Crippen LogP contribution in [0.4, 0.5) is 0 Å². The highest BCUT2D eigenvalue weighted by atomic mass is 32.2. The SMILES string of the molecule is Cc1n[nH]c(C)c1S(=O)(=O)NCCOc1ccc2c(c1)CCCC2. The van der Waals surface area contributed by atoms with E-state index in [0.717, 1.165) is 18.6 Å². The Labute approximate surface area is 142 Å². The number of rotatable bonds is 6. The Balaban J connectivity index is 1.55. The molecule has 0 atom stereocenters. The second kappa shape index (κ2) is 6.94. The molecule has 0 amide bonds. The minimum Gasteiger partial charge on any atom is -0.492 e. The lowest BCUT2D eigenvalue weighted by molar-refractivity contribution is 0.322. The molecule has 130 valence electrons. The molecular weight excluding hydrogens is 326 g/mol. The zero-order chi connectivity index (χ0) is 17.2. The summed E-state index contributed by atoms with van der Waals surface area (Å²) < 4.78 is 32.9. The molecule has 0 spiro atoms. The Hall–Kier alpha value is -1.86. The molecule has 7 heteroatoms. The monoisotopic (exact) mass is 349 g/mol. The largest absolute Gasteiger partial charge is 0.492 e. The topological polar surface area (TPSA) is 84.1 Å². The number of aromatic amines is 1. The van der Waals surface area contributed by atoms with E-state index in [0.29, 0.717) is 11.4 Å². The van der Waals surface area contributed by atoms with E-state index in [4.69, 9.17) is 4.74 Å². The second-order valence-corrected chi connectivity index (χ2v) is 7.85. The smallest absolute Gasteiger partial charge is 0.244 e. The van der Waals surface area contributed by atoms with Crippen LogP contribution < -0.4 is 9.46 Å². The Bertz CT molecular complexity index is 808. The molecule has 1 aromatic heterocycles. The Morgan fingerprint density at radius 1 is 1.21 bits per heavy atom. The summed E-state index contributed by atoms with van der Waals surface area (Å²) in [7, 11) is -3.57. The van der Waals surface area contributed by atoms with Crippen LogP contribution in [0.15, 0.2) is 23.1 Å². The molecule has 0 radical (unpaired) electrons. The van der Waals surface area contributed by atoms with Crippen molar-refractivity contribution in [3.8, 4) is 5.75 Å². The van der Waals surface area contributed by atoms with Crippen LogP contribution in [0, 0.1) is 13.8 Å². The van der Waals surface area contributed by atoms with Gasteiger partial charge in [0.05, 0.1) is 11.4 Å². The van der Waals surface area contributed by atoms with Crippen LogP contribution in [0.1, 0.15) is 35.4 Å². The first kappa shape index (κ1) is 17.0. The molecule has 1 aliphatic carbocycles. The summed E-state index contributed by atoms with van der Waals surface area (Å²) in [4.78, 5) is 0.219. The molecule has 24 heavy (non-hydrogen) atoms. The van der Waals surface area contributed by atoms with Gasteiger partial charge in [0.25, 0.3) is 0 Å². The van der Waals surface area contributed by atoms with Gasteiger partial charge in [0, 0.05) is 6.54 Å². The maximum absolute atomic E-state index is 12.3. The zero-order valence-electron chi connectivity index (χ0n) is 14.1. The highest BCUT2D eigenvalue weighted by Crippen LogP contribution is 2.25. The lowest BCUT2D eigenvalue weighted by atomic mass is 9.92. The van der Waals surface area contributed by atoms with E-state index < -0.39 is 10.0 Å². The van der Waals surface area contributed by atoms with Crippen LogP contribution in [0.25, 0.3) is 0 Å². The third-order valence-corrected chi connectivity index (χ3v) is 6.04. The summed E-state index contributed by atoms with van der Waals surface area (Å²) in [5.41, 5.74) is 3.76. The minimum absolute atomic E-state index is 0.212. The minimum atomic E-state index is -3.57. The fraction of sp³-hybridized carbons (Fsp3) is 0.471. The van der Waals surface area contributed by atoms with Crippen molar-refractivity contribution in [3.63, 3.8) is 0 Å². The van der Waals surface area contributed by atoms with Crippen LogP contribution in [-0.4, -0.2) is 31.8 Å². The van der Waals surface area contributed by atoms with Gasteiger partial charge in [0.15, 0.2) is 0 Å². The van der Waals surface area contributed by atoms with Gasteiger partial charge < -0.3 is 4.74 Å². The van der Waals surface area contributed by atoms with Crippen molar-refractivity contribution in [2.75, 3.05) is 13.2 Å². The van der Waals surface area contributed by atoms with Gasteiger partial charge in [-0.2, -0.15) is 5.10 Å². The van der Waals surface area contributed by atoms with Gasteiger partial charge in [-0.05, 0) is 62.8 Å². The number of aryl methyl sites for hydroxylation is 4. The highest BCUT2D eigenvalue weighted by Gasteiger charge is 2.21. The van der Waals surface area contributed by atoms with Crippen LogP contribution in [0.3, 0.4) is 0 Å². The van der Waals surface area contributed by atoms with Gasteiger partial charge in [0.1, 0.15) is 17.3 Å². The second-order valence-electron chi connectivity index (χ2n) is 6.15. The zero-order valence-corrected chi connectivity index (χ0v) is 14.9. The maximum atomic E-state index is 12.3. The molecule has 0 saturated heterocycles. The molecule has 1 aliphatic rings. The van der Waals surface area contributed by atoms with Crippen molar-refractivity contribution >= 4 is 10.0 Å². The number of nitrogens with zero attached hydrogens (tertiary/aromatic N) is 1. The summed E-state index contributed by atoms with van der Waals surface area (Å²) in [5.74, 6) is 0.797. The van der Waals surface area contributed by atoms with Crippen LogP contribution in [0.2, 0.25) is 0 Å². The molecule has 2 N–H and O–H groups in total. The van der Waals surface area contributed by atoms with E-state index in [2.05, 4.69) is 27.1 Å². The van der Waals surface area contributed by atoms with E-state index in [1.54, 1.807) is 13.8 Å². The predicted octanol–water partition coefficient (Wildman–Crippen LogP) is 2.26. The lowest BCUT2D eigenvalue weighted by Gasteiger charge is -2.17. The van der Waals surface area contributed by atoms with E-state index in [9.17, 15) is 8.42 Å². The number of ether oxygens (including phenoxy) is 1. The molecule has 3 rings (SSSR count). The van der Waals surface area contributed by atoms with Gasteiger partial charge in [-0.1, -0.05) is 6.07 Å². The Kier molecular flexibility index (Phi) is 4.91. The number of sulfonamides is 1. The summed E-state index contributed by atoms with van der Waals surface area (Å²) in [6.07, 6.45) is 4.71. The molecule has 0 fully saturated rings. The quantitative estimate of drug-likeness (QED) is 0.784. The number of hydrogen-bond donors (Lipinski definition) is 2. The maximum Gasteiger partial charge on any atom is 0.244 e. The molecule has 2 aromatic rings. The fourth-order valence-corrected chi connectivity index (χ4v) is 4.53. The van der Waals surface area contributed by atoms with Gasteiger partial charge in [-0.15, -0.1) is 0 Å². The third-order valence-electron chi connectivity index (χ3n) is 4.31. The number of fused-ring (bicyclic) bond motifs is 1. The summed E-state index contributed by atoms with van der Waals surface area (Å²) in [5, 5.41) is 6.61. The van der Waals surface area contributed by atoms with Gasteiger partial charge in [-0.3, -0.25) is 5.10 Å². The highest BCUT2D eigenvalue weighted by molar-refractivity contribution is 7.89. The Morgan fingerprint density at radius 2 is 1.96 bits per heavy atom. The molecule has 0 bridgehead atoms. The fourth-order valence-electron chi connectivity index (χ4n) is 3.15. The molecule has 1 heterocycles. The van der Waals surface area contributed by atoms with Crippen molar-refractivity contribution in [3.05, 3.63) is 40.7 Å². The van der Waals surface area contributed by atoms with Crippen LogP contribution in [-0.2, 0) is 22.9 Å². The third kappa shape index (κ3) is 3.62. The van der Waals surface area contributed by atoms with Crippen molar-refractivity contribution in [2.45, 2.75) is 44.4 Å². The summed E-state index contributed by atoms with van der Waals surface area (Å²) >= 11 is 0. The first-order valence-electron chi connectivity index (χ1n) is 8.23. The molecule has 0 aliphatic heterocycles. The average Bonchev–Trinajstić information content (AvgIpc) is 2.91. The number of hydrogen-bond acceptors (Lipinski definition) is 4. The van der Waals surface area contributed by atoms with Crippen molar-refractivity contribution in [1.29, 1.82) is 0 Å². The van der Waals surface area contributed by atoms with Gasteiger partial charge in [0.2, 0.25) is 10.0 Å². The van der Waals surface area contributed by atoms with E-state index in [-0.39, 0.29) is 18.0 Å². The van der Waals surface area contributed by atoms with Crippen LogP contribution in [0.5, 0.6) is 5.75 Å². The van der Waals surface area contributed by atoms with Crippen molar-refractivity contribution in [1.82, 2.24) is 14.9 Å². The first-order chi connectivity index (χ1) is 11.5. The van der Waals surface area contributed by atoms with Crippen LogP contribution >= 0.6 is 0 Å². The number of aromatic nitrogens is 2.